The number of aromatic amines is 2. The molecule has 1 aromatic carbocycles. The number of benzene rings is 1. The molecule has 3 aromatic rings. The van der Waals surface area contributed by atoms with Gasteiger partial charge in [0.15, 0.2) is 5.82 Å². The van der Waals surface area contributed by atoms with Crippen LogP contribution in [0.5, 0.6) is 0 Å². The Balaban J connectivity index is 1.82. The average Bonchev–Trinajstić information content (AvgIpc) is 3.15. The van der Waals surface area contributed by atoms with E-state index in [4.69, 9.17) is 0 Å². The summed E-state index contributed by atoms with van der Waals surface area (Å²) in [7, 11) is 0. The number of aryl methyl sites for hydroxylation is 1. The fourth-order valence-electron chi connectivity index (χ4n) is 2.21. The number of carbonyl (C=O) groups is 1. The molecule has 0 bridgehead atoms. The normalized spacial score (nSPS) is 12.1. The summed E-state index contributed by atoms with van der Waals surface area (Å²) in [6.07, 6.45) is 1.41. The molecule has 8 heteroatoms. The first-order chi connectivity index (χ1) is 11.0. The van der Waals surface area contributed by atoms with Crippen LogP contribution >= 0.6 is 0 Å². The van der Waals surface area contributed by atoms with Crippen LogP contribution in [0.25, 0.3) is 11.3 Å². The van der Waals surface area contributed by atoms with E-state index in [0.29, 0.717) is 28.5 Å². The van der Waals surface area contributed by atoms with Gasteiger partial charge in [-0.1, -0.05) is 12.1 Å². The van der Waals surface area contributed by atoms with Crippen LogP contribution in [0.15, 0.2) is 30.5 Å². The number of amides is 1. The highest BCUT2D eigenvalue weighted by molar-refractivity contribution is 5.99. The van der Waals surface area contributed by atoms with E-state index in [0.717, 1.165) is 0 Å². The van der Waals surface area contributed by atoms with E-state index in [1.807, 2.05) is 0 Å². The third-order valence-corrected chi connectivity index (χ3v) is 3.35. The van der Waals surface area contributed by atoms with Crippen LogP contribution in [-0.4, -0.2) is 31.3 Å². The Kier molecular flexibility index (Phi) is 3.88. The summed E-state index contributed by atoms with van der Waals surface area (Å²) in [5, 5.41) is 16.2. The number of hydrogen-bond donors (Lipinski definition) is 3. The number of nitrogens with one attached hydrogen (secondary N) is 3. The number of aromatic nitrogens is 5. The zero-order valence-electron chi connectivity index (χ0n) is 12.6. The van der Waals surface area contributed by atoms with E-state index in [-0.39, 0.29) is 17.8 Å². The van der Waals surface area contributed by atoms with E-state index in [2.05, 4.69) is 30.7 Å². The quantitative estimate of drug-likeness (QED) is 0.687. The number of halogens is 1. The van der Waals surface area contributed by atoms with Gasteiger partial charge in [-0.3, -0.25) is 15.0 Å². The van der Waals surface area contributed by atoms with Gasteiger partial charge in [0.25, 0.3) is 5.91 Å². The first kappa shape index (κ1) is 14.9. The molecule has 0 saturated carbocycles. The van der Waals surface area contributed by atoms with Crippen molar-refractivity contribution >= 4 is 5.91 Å². The van der Waals surface area contributed by atoms with Crippen LogP contribution < -0.4 is 5.32 Å². The van der Waals surface area contributed by atoms with Gasteiger partial charge in [0.05, 0.1) is 23.5 Å². The zero-order valence-corrected chi connectivity index (χ0v) is 12.6. The van der Waals surface area contributed by atoms with Gasteiger partial charge in [-0.2, -0.15) is 10.2 Å². The molecule has 23 heavy (non-hydrogen) atoms. The van der Waals surface area contributed by atoms with Crippen LogP contribution in [-0.2, 0) is 0 Å². The number of rotatable bonds is 4. The van der Waals surface area contributed by atoms with Crippen LogP contribution in [0.4, 0.5) is 4.39 Å². The lowest BCUT2D eigenvalue weighted by Gasteiger charge is -2.10. The largest absolute Gasteiger partial charge is 0.342 e. The minimum Gasteiger partial charge on any atom is -0.342 e. The molecule has 118 valence electrons. The summed E-state index contributed by atoms with van der Waals surface area (Å²) in [4.78, 5) is 16.6. The van der Waals surface area contributed by atoms with Crippen molar-refractivity contribution < 1.29 is 9.18 Å². The maximum Gasteiger partial charge on any atom is 0.255 e. The predicted octanol–water partition coefficient (Wildman–Crippen LogP) is 2.13. The summed E-state index contributed by atoms with van der Waals surface area (Å²) >= 11 is 0. The second kappa shape index (κ2) is 5.99. The fraction of sp³-hybridized carbons (Fsp3) is 0.200. The second-order valence-electron chi connectivity index (χ2n) is 5.14. The Morgan fingerprint density at radius 2 is 2.17 bits per heavy atom. The Bertz CT molecular complexity index is 840. The lowest BCUT2D eigenvalue weighted by Crippen LogP contribution is -2.27. The predicted molar refractivity (Wildman–Crippen MR) is 81.0 cm³/mol. The highest BCUT2D eigenvalue weighted by Crippen LogP contribution is 2.22. The number of nitrogens with zero attached hydrogens (tertiary/aromatic N) is 3. The summed E-state index contributed by atoms with van der Waals surface area (Å²) < 4.78 is 13.4. The summed E-state index contributed by atoms with van der Waals surface area (Å²) in [6, 6.07) is 5.59. The number of hydrogen-bond acceptors (Lipinski definition) is 4. The fourth-order valence-corrected chi connectivity index (χ4v) is 2.21. The first-order valence-corrected chi connectivity index (χ1v) is 7.03. The molecule has 0 aliphatic heterocycles. The van der Waals surface area contributed by atoms with E-state index in [1.54, 1.807) is 26.0 Å². The van der Waals surface area contributed by atoms with E-state index >= 15 is 0 Å². The standard InChI is InChI=1S/C15H15FN6O/c1-8(14-19-9(2)20-22-14)18-15(23)12-7-17-21-13(12)10-4-3-5-11(16)6-10/h3-8H,1-2H3,(H,17,21)(H,18,23)(H,19,20,22). The Morgan fingerprint density at radius 3 is 2.87 bits per heavy atom. The van der Waals surface area contributed by atoms with Crippen molar-refractivity contribution in [3.63, 3.8) is 0 Å². The summed E-state index contributed by atoms with van der Waals surface area (Å²) in [6.45, 7) is 3.56. The molecule has 1 atom stereocenters. The molecule has 2 aromatic heterocycles. The molecule has 0 aliphatic carbocycles. The molecule has 0 spiro atoms. The minimum absolute atomic E-state index is 0.328. The topological polar surface area (TPSA) is 99.3 Å². The van der Waals surface area contributed by atoms with E-state index in [1.165, 1.54) is 18.3 Å². The van der Waals surface area contributed by atoms with Gasteiger partial charge >= 0.3 is 0 Å². The molecule has 0 aliphatic rings. The molecule has 1 amide bonds. The van der Waals surface area contributed by atoms with Gasteiger partial charge in [-0.15, -0.1) is 0 Å². The molecule has 0 saturated heterocycles. The van der Waals surface area contributed by atoms with Crippen LogP contribution in [0, 0.1) is 12.7 Å². The SMILES string of the molecule is Cc1nc(C(C)NC(=O)c2cn[nH]c2-c2cccc(F)c2)n[nH]1. The Labute approximate surface area is 131 Å². The number of H-pyrrole nitrogens is 2. The summed E-state index contributed by atoms with van der Waals surface area (Å²) in [5.74, 6) is 0.442. The highest BCUT2D eigenvalue weighted by atomic mass is 19.1. The molecular weight excluding hydrogens is 299 g/mol. The van der Waals surface area contributed by atoms with Gasteiger partial charge < -0.3 is 5.32 Å². The Morgan fingerprint density at radius 1 is 1.35 bits per heavy atom. The van der Waals surface area contributed by atoms with Crippen molar-refractivity contribution in [1.29, 1.82) is 0 Å². The molecule has 3 N–H and O–H groups in total. The monoisotopic (exact) mass is 314 g/mol. The van der Waals surface area contributed by atoms with Crippen molar-refractivity contribution in [2.75, 3.05) is 0 Å². The van der Waals surface area contributed by atoms with Gasteiger partial charge in [0.2, 0.25) is 0 Å². The summed E-state index contributed by atoms with van der Waals surface area (Å²) in [5.41, 5.74) is 1.34. The second-order valence-corrected chi connectivity index (χ2v) is 5.14. The molecule has 7 nitrogen and oxygen atoms in total. The first-order valence-electron chi connectivity index (χ1n) is 7.03. The highest BCUT2D eigenvalue weighted by Gasteiger charge is 2.19. The van der Waals surface area contributed by atoms with Gasteiger partial charge in [0, 0.05) is 5.56 Å². The molecule has 0 fully saturated rings. The smallest absolute Gasteiger partial charge is 0.255 e. The number of carbonyl (C=O) groups excluding carboxylic acids is 1. The lowest BCUT2D eigenvalue weighted by molar-refractivity contribution is 0.0939. The molecule has 3 rings (SSSR count). The molecule has 1 unspecified atom stereocenters. The van der Waals surface area contributed by atoms with Gasteiger partial charge in [0.1, 0.15) is 11.6 Å². The molecular formula is C15H15FN6O. The molecule has 2 heterocycles. The molecule has 0 radical (unpaired) electrons. The van der Waals surface area contributed by atoms with E-state index < -0.39 is 0 Å². The maximum atomic E-state index is 13.4. The van der Waals surface area contributed by atoms with Crippen LogP contribution in [0.3, 0.4) is 0 Å². The van der Waals surface area contributed by atoms with Crippen molar-refractivity contribution in [3.8, 4) is 11.3 Å². The Hall–Kier alpha value is -3.03. The minimum atomic E-state index is -0.381. The third kappa shape index (κ3) is 3.10. The third-order valence-electron chi connectivity index (χ3n) is 3.35. The van der Waals surface area contributed by atoms with Crippen molar-refractivity contribution in [2.45, 2.75) is 19.9 Å². The van der Waals surface area contributed by atoms with Crippen molar-refractivity contribution in [1.82, 2.24) is 30.7 Å². The van der Waals surface area contributed by atoms with Crippen LogP contribution in [0.1, 0.15) is 35.0 Å². The van der Waals surface area contributed by atoms with E-state index in [9.17, 15) is 9.18 Å². The van der Waals surface area contributed by atoms with Gasteiger partial charge in [-0.05, 0) is 26.0 Å². The van der Waals surface area contributed by atoms with Crippen molar-refractivity contribution in [2.24, 2.45) is 0 Å². The maximum absolute atomic E-state index is 13.4. The van der Waals surface area contributed by atoms with Crippen LogP contribution in [0.2, 0.25) is 0 Å². The van der Waals surface area contributed by atoms with Crippen molar-refractivity contribution in [3.05, 3.63) is 53.5 Å². The zero-order chi connectivity index (χ0) is 16.4. The van der Waals surface area contributed by atoms with Gasteiger partial charge in [-0.25, -0.2) is 9.37 Å². The average molecular weight is 314 g/mol. The lowest BCUT2D eigenvalue weighted by atomic mass is 10.1.